The van der Waals surface area contributed by atoms with Crippen molar-refractivity contribution >= 4 is 5.78 Å². The van der Waals surface area contributed by atoms with Crippen molar-refractivity contribution < 1.29 is 9.53 Å². The molecule has 1 aliphatic carbocycles. The summed E-state index contributed by atoms with van der Waals surface area (Å²) in [5, 5.41) is 0. The Morgan fingerprint density at radius 1 is 1.43 bits per heavy atom. The zero-order valence-corrected chi connectivity index (χ0v) is 9.05. The molecule has 1 heterocycles. The molecule has 1 aliphatic heterocycles. The molecule has 0 aromatic carbocycles. The molecule has 0 N–H and O–H groups in total. The molecule has 1 spiro atoms. The van der Waals surface area contributed by atoms with Crippen LogP contribution >= 0.6 is 0 Å². The lowest BCUT2D eigenvalue weighted by atomic mass is 9.74. The molecule has 0 unspecified atom stereocenters. The predicted octanol–water partition coefficient (Wildman–Crippen LogP) is 2.70. The number of hydrogen-bond donors (Lipinski definition) is 0. The van der Waals surface area contributed by atoms with E-state index in [1.54, 1.807) is 0 Å². The summed E-state index contributed by atoms with van der Waals surface area (Å²) < 4.78 is 5.85. The molecule has 1 saturated carbocycles. The van der Waals surface area contributed by atoms with Gasteiger partial charge in [0.1, 0.15) is 5.78 Å². The molecule has 14 heavy (non-hydrogen) atoms. The molecule has 2 heteroatoms. The molecule has 2 fully saturated rings. The number of rotatable bonds is 1. The highest BCUT2D eigenvalue weighted by atomic mass is 16.5. The van der Waals surface area contributed by atoms with Crippen molar-refractivity contribution in [3.63, 3.8) is 0 Å². The average molecular weight is 196 g/mol. The topological polar surface area (TPSA) is 26.3 Å². The molecule has 1 saturated heterocycles. The van der Waals surface area contributed by atoms with Crippen LogP contribution in [0.3, 0.4) is 0 Å². The van der Waals surface area contributed by atoms with Crippen LogP contribution in [0.25, 0.3) is 0 Å². The normalized spacial score (nSPS) is 38.9. The maximum Gasteiger partial charge on any atom is 0.138 e. The van der Waals surface area contributed by atoms with Crippen LogP contribution < -0.4 is 0 Å². The Morgan fingerprint density at radius 3 is 2.71 bits per heavy atom. The Bertz CT molecular complexity index is 214. The molecule has 0 amide bonds. The second-order valence-electron chi connectivity index (χ2n) is 4.85. The molecule has 0 aromatic heterocycles. The van der Waals surface area contributed by atoms with Gasteiger partial charge in [0.15, 0.2) is 0 Å². The minimum Gasteiger partial charge on any atom is -0.374 e. The summed E-state index contributed by atoms with van der Waals surface area (Å²) in [6.45, 7) is 2.92. The molecule has 2 nitrogen and oxygen atoms in total. The molecule has 0 atom stereocenters. The van der Waals surface area contributed by atoms with Crippen LogP contribution in [-0.2, 0) is 9.53 Å². The Balaban J connectivity index is 1.94. The summed E-state index contributed by atoms with van der Waals surface area (Å²) in [6.07, 6.45) is 7.33. The quantitative estimate of drug-likeness (QED) is 0.644. The first-order valence-electron chi connectivity index (χ1n) is 5.90. The van der Waals surface area contributed by atoms with Crippen LogP contribution in [-0.4, -0.2) is 18.0 Å². The first-order valence-corrected chi connectivity index (χ1v) is 5.90. The first kappa shape index (κ1) is 10.2. The molecule has 2 rings (SSSR count). The Hall–Kier alpha value is -0.370. The van der Waals surface area contributed by atoms with Crippen molar-refractivity contribution in [3.8, 4) is 0 Å². The maximum absolute atomic E-state index is 11.4. The third kappa shape index (κ3) is 2.00. The average Bonchev–Trinajstić information content (AvgIpc) is 2.19. The molecule has 0 radical (unpaired) electrons. The number of ether oxygens (including phenoxy) is 1. The van der Waals surface area contributed by atoms with Crippen LogP contribution in [0.15, 0.2) is 0 Å². The summed E-state index contributed by atoms with van der Waals surface area (Å²) in [5.74, 6) is 1.28. The fraction of sp³-hybridized carbons (Fsp3) is 0.917. The maximum atomic E-state index is 11.4. The van der Waals surface area contributed by atoms with Crippen molar-refractivity contribution in [3.05, 3.63) is 0 Å². The Kier molecular flexibility index (Phi) is 2.91. The van der Waals surface area contributed by atoms with Crippen molar-refractivity contribution in [2.24, 2.45) is 5.92 Å². The largest absolute Gasteiger partial charge is 0.374 e. The van der Waals surface area contributed by atoms with E-state index >= 15 is 0 Å². The summed E-state index contributed by atoms with van der Waals surface area (Å²) in [7, 11) is 0. The molecular formula is C12H20O2. The van der Waals surface area contributed by atoms with Gasteiger partial charge in [-0.15, -0.1) is 0 Å². The molecule has 0 bridgehead atoms. The van der Waals surface area contributed by atoms with Crippen LogP contribution in [0, 0.1) is 5.92 Å². The summed E-state index contributed by atoms with van der Waals surface area (Å²) in [4.78, 5) is 11.4. The van der Waals surface area contributed by atoms with E-state index in [2.05, 4.69) is 6.92 Å². The first-order chi connectivity index (χ1) is 6.74. The van der Waals surface area contributed by atoms with E-state index < -0.39 is 0 Å². The SMILES string of the molecule is CCC1CCC2(CC1)CC(=O)CCO2. The van der Waals surface area contributed by atoms with Crippen LogP contribution in [0.2, 0.25) is 0 Å². The number of hydrogen-bond acceptors (Lipinski definition) is 2. The van der Waals surface area contributed by atoms with Crippen molar-refractivity contribution in [2.45, 2.75) is 57.5 Å². The van der Waals surface area contributed by atoms with Crippen LogP contribution in [0.4, 0.5) is 0 Å². The van der Waals surface area contributed by atoms with E-state index in [1.165, 1.54) is 19.3 Å². The van der Waals surface area contributed by atoms with Gasteiger partial charge in [-0.3, -0.25) is 4.79 Å². The standard InChI is InChI=1S/C12H20O2/c1-2-10-3-6-12(7-4-10)9-11(13)5-8-14-12/h10H,2-9H2,1H3. The number of Topliss-reactive ketones (excluding diaryl/α,β-unsaturated/α-hetero) is 1. The highest BCUT2D eigenvalue weighted by Crippen LogP contribution is 2.40. The Morgan fingerprint density at radius 2 is 2.14 bits per heavy atom. The fourth-order valence-electron chi connectivity index (χ4n) is 2.81. The van der Waals surface area contributed by atoms with Crippen molar-refractivity contribution in [1.29, 1.82) is 0 Å². The predicted molar refractivity (Wildman–Crippen MR) is 55.2 cm³/mol. The van der Waals surface area contributed by atoms with Gasteiger partial charge in [0.2, 0.25) is 0 Å². The minimum absolute atomic E-state index is 0.0407. The van der Waals surface area contributed by atoms with Crippen LogP contribution in [0.1, 0.15) is 51.9 Å². The Labute approximate surface area is 86.0 Å². The molecule has 2 aliphatic rings. The van der Waals surface area contributed by atoms with Gasteiger partial charge in [-0.25, -0.2) is 0 Å². The van der Waals surface area contributed by atoms with Gasteiger partial charge in [-0.2, -0.15) is 0 Å². The van der Waals surface area contributed by atoms with E-state index in [9.17, 15) is 4.79 Å². The van der Waals surface area contributed by atoms with Gasteiger partial charge in [-0.1, -0.05) is 13.3 Å². The minimum atomic E-state index is -0.0407. The second-order valence-corrected chi connectivity index (χ2v) is 4.85. The molecule has 80 valence electrons. The van der Waals surface area contributed by atoms with Gasteiger partial charge < -0.3 is 4.74 Å². The zero-order chi connectivity index (χ0) is 10.0. The molecular weight excluding hydrogens is 176 g/mol. The smallest absolute Gasteiger partial charge is 0.138 e. The van der Waals surface area contributed by atoms with Gasteiger partial charge >= 0.3 is 0 Å². The monoisotopic (exact) mass is 196 g/mol. The van der Waals surface area contributed by atoms with E-state index in [1.807, 2.05) is 0 Å². The van der Waals surface area contributed by atoms with E-state index in [-0.39, 0.29) is 5.60 Å². The van der Waals surface area contributed by atoms with Gasteiger partial charge in [-0.05, 0) is 31.6 Å². The second kappa shape index (κ2) is 4.01. The van der Waals surface area contributed by atoms with E-state index in [0.29, 0.717) is 25.2 Å². The fourth-order valence-corrected chi connectivity index (χ4v) is 2.81. The zero-order valence-electron chi connectivity index (χ0n) is 9.05. The highest BCUT2D eigenvalue weighted by Gasteiger charge is 2.39. The number of carbonyl (C=O) groups excluding carboxylic acids is 1. The third-order valence-corrected chi connectivity index (χ3v) is 3.90. The highest BCUT2D eigenvalue weighted by molar-refractivity contribution is 5.80. The summed E-state index contributed by atoms with van der Waals surface area (Å²) >= 11 is 0. The van der Waals surface area contributed by atoms with E-state index in [0.717, 1.165) is 18.8 Å². The molecule has 0 aromatic rings. The summed E-state index contributed by atoms with van der Waals surface area (Å²) in [5.41, 5.74) is -0.0407. The van der Waals surface area contributed by atoms with E-state index in [4.69, 9.17) is 4.74 Å². The lowest BCUT2D eigenvalue weighted by Gasteiger charge is -2.41. The van der Waals surface area contributed by atoms with Gasteiger partial charge in [0, 0.05) is 12.8 Å². The van der Waals surface area contributed by atoms with Gasteiger partial charge in [0.25, 0.3) is 0 Å². The third-order valence-electron chi connectivity index (χ3n) is 3.90. The summed E-state index contributed by atoms with van der Waals surface area (Å²) in [6, 6.07) is 0. The lowest BCUT2D eigenvalue weighted by Crippen LogP contribution is -2.43. The van der Waals surface area contributed by atoms with Gasteiger partial charge in [0.05, 0.1) is 12.2 Å². The number of carbonyl (C=O) groups is 1. The van der Waals surface area contributed by atoms with Crippen molar-refractivity contribution in [1.82, 2.24) is 0 Å². The van der Waals surface area contributed by atoms with Crippen LogP contribution in [0.5, 0.6) is 0 Å². The van der Waals surface area contributed by atoms with Crippen molar-refractivity contribution in [2.75, 3.05) is 6.61 Å². The lowest BCUT2D eigenvalue weighted by molar-refractivity contribution is -0.146. The number of ketones is 1.